The van der Waals surface area contributed by atoms with E-state index in [0.717, 1.165) is 18.5 Å². The zero-order valence-corrected chi connectivity index (χ0v) is 15.4. The minimum atomic E-state index is -0.304. The van der Waals surface area contributed by atoms with Crippen molar-refractivity contribution in [3.8, 4) is 11.6 Å². The van der Waals surface area contributed by atoms with Crippen LogP contribution in [0.1, 0.15) is 19.8 Å². The van der Waals surface area contributed by atoms with E-state index in [4.69, 9.17) is 25.8 Å². The van der Waals surface area contributed by atoms with Crippen molar-refractivity contribution in [1.82, 2.24) is 14.9 Å². The van der Waals surface area contributed by atoms with Crippen LogP contribution in [0.5, 0.6) is 11.6 Å². The molecule has 1 aliphatic heterocycles. The molecule has 7 nitrogen and oxygen atoms in total. The smallest absolute Gasteiger partial charge is 0.303 e. The molecule has 2 heterocycles. The summed E-state index contributed by atoms with van der Waals surface area (Å²) in [6.45, 7) is 4.46. The quantitative estimate of drug-likeness (QED) is 0.515. The van der Waals surface area contributed by atoms with E-state index in [1.807, 2.05) is 12.1 Å². The molecule has 0 amide bonds. The first-order valence-corrected chi connectivity index (χ1v) is 9.15. The van der Waals surface area contributed by atoms with E-state index in [1.165, 1.54) is 26.1 Å². The Kier molecular flexibility index (Phi) is 6.46. The van der Waals surface area contributed by atoms with Crippen molar-refractivity contribution in [2.75, 3.05) is 32.3 Å². The SMILES string of the molecule is CC(=O)OC(COc1ccc2c(OCCl)ncnc2c1)CN1CCCC1. The van der Waals surface area contributed by atoms with Crippen LogP contribution in [0.4, 0.5) is 0 Å². The maximum Gasteiger partial charge on any atom is 0.303 e. The molecule has 3 rings (SSSR count). The highest BCUT2D eigenvalue weighted by molar-refractivity contribution is 6.17. The van der Waals surface area contributed by atoms with Crippen LogP contribution in [0.2, 0.25) is 0 Å². The number of hydrogen-bond donors (Lipinski definition) is 0. The molecular weight excluding hydrogens is 358 g/mol. The van der Waals surface area contributed by atoms with Crippen molar-refractivity contribution in [1.29, 1.82) is 0 Å². The van der Waals surface area contributed by atoms with E-state index in [9.17, 15) is 4.79 Å². The molecule has 8 heteroatoms. The number of alkyl halides is 1. The van der Waals surface area contributed by atoms with Gasteiger partial charge in [-0.25, -0.2) is 9.97 Å². The maximum atomic E-state index is 11.4. The van der Waals surface area contributed by atoms with Crippen LogP contribution in [0.25, 0.3) is 10.9 Å². The van der Waals surface area contributed by atoms with Crippen LogP contribution in [-0.2, 0) is 9.53 Å². The van der Waals surface area contributed by atoms with Crippen molar-refractivity contribution in [2.45, 2.75) is 25.9 Å². The lowest BCUT2D eigenvalue weighted by atomic mass is 10.2. The van der Waals surface area contributed by atoms with Gasteiger partial charge in [-0.1, -0.05) is 11.6 Å². The van der Waals surface area contributed by atoms with Crippen molar-refractivity contribution < 1.29 is 19.0 Å². The molecular formula is C18H22ClN3O4. The number of likely N-dealkylation sites (tertiary alicyclic amines) is 1. The second-order valence-electron chi connectivity index (χ2n) is 6.16. The summed E-state index contributed by atoms with van der Waals surface area (Å²) >= 11 is 5.61. The van der Waals surface area contributed by atoms with Crippen LogP contribution < -0.4 is 9.47 Å². The van der Waals surface area contributed by atoms with Crippen LogP contribution >= 0.6 is 11.6 Å². The predicted octanol–water partition coefficient (Wildman–Crippen LogP) is 2.61. The normalized spacial score (nSPS) is 15.8. The summed E-state index contributed by atoms with van der Waals surface area (Å²) in [5, 5.41) is 0.758. The van der Waals surface area contributed by atoms with Crippen molar-refractivity contribution in [3.05, 3.63) is 24.5 Å². The van der Waals surface area contributed by atoms with Gasteiger partial charge < -0.3 is 14.2 Å². The number of rotatable bonds is 8. The molecule has 1 aliphatic rings. The second kappa shape index (κ2) is 9.00. The maximum absolute atomic E-state index is 11.4. The van der Waals surface area contributed by atoms with Gasteiger partial charge in [-0.15, -0.1) is 0 Å². The first kappa shape index (κ1) is 18.7. The first-order chi connectivity index (χ1) is 12.7. The van der Waals surface area contributed by atoms with Crippen LogP contribution in [0.15, 0.2) is 24.5 Å². The lowest BCUT2D eigenvalue weighted by Gasteiger charge is -2.23. The largest absolute Gasteiger partial charge is 0.490 e. The van der Waals surface area contributed by atoms with Gasteiger partial charge in [0.1, 0.15) is 24.8 Å². The average Bonchev–Trinajstić information content (AvgIpc) is 3.12. The summed E-state index contributed by atoms with van der Waals surface area (Å²) in [7, 11) is 0. The number of carbonyl (C=O) groups excluding carboxylic acids is 1. The lowest BCUT2D eigenvalue weighted by molar-refractivity contribution is -0.148. The van der Waals surface area contributed by atoms with Crippen LogP contribution in [-0.4, -0.2) is 59.2 Å². The van der Waals surface area contributed by atoms with E-state index in [2.05, 4.69) is 14.9 Å². The van der Waals surface area contributed by atoms with Gasteiger partial charge in [-0.2, -0.15) is 0 Å². The standard InChI is InChI=1S/C18H22ClN3O4/c1-13(23)26-15(9-22-6-2-3-7-22)10-24-14-4-5-16-17(8-14)20-12-21-18(16)25-11-19/h4-5,8,12,15H,2-3,6-7,9-11H2,1H3. The van der Waals surface area contributed by atoms with Gasteiger partial charge in [0.2, 0.25) is 5.88 Å². The van der Waals surface area contributed by atoms with Gasteiger partial charge in [0.25, 0.3) is 0 Å². The van der Waals surface area contributed by atoms with E-state index in [-0.39, 0.29) is 24.7 Å². The Morgan fingerprint density at radius 1 is 1.27 bits per heavy atom. The zero-order chi connectivity index (χ0) is 18.4. The molecule has 1 aromatic carbocycles. The molecule has 1 unspecified atom stereocenters. The summed E-state index contributed by atoms with van der Waals surface area (Å²) in [5.74, 6) is 0.780. The summed E-state index contributed by atoms with van der Waals surface area (Å²) in [4.78, 5) is 22.0. The number of fused-ring (bicyclic) bond motifs is 1. The van der Waals surface area contributed by atoms with Crippen molar-refractivity contribution in [3.63, 3.8) is 0 Å². The molecule has 1 saturated heterocycles. The molecule has 1 aromatic heterocycles. The van der Waals surface area contributed by atoms with Crippen LogP contribution in [0.3, 0.4) is 0 Å². The van der Waals surface area contributed by atoms with E-state index in [0.29, 0.717) is 23.7 Å². The Balaban J connectivity index is 1.66. The Bertz CT molecular complexity index is 752. The highest BCUT2D eigenvalue weighted by Crippen LogP contribution is 2.25. The third-order valence-corrected chi connectivity index (χ3v) is 4.30. The monoisotopic (exact) mass is 379 g/mol. The summed E-state index contributed by atoms with van der Waals surface area (Å²) in [6, 6.07) is 5.46. The van der Waals surface area contributed by atoms with Gasteiger partial charge in [0.05, 0.1) is 10.9 Å². The summed E-state index contributed by atoms with van der Waals surface area (Å²) < 4.78 is 16.5. The van der Waals surface area contributed by atoms with Gasteiger partial charge >= 0.3 is 5.97 Å². The molecule has 0 N–H and O–H groups in total. The van der Waals surface area contributed by atoms with E-state index in [1.54, 1.807) is 6.07 Å². The number of halogens is 1. The molecule has 0 spiro atoms. The number of hydrogen-bond acceptors (Lipinski definition) is 7. The molecule has 1 atom stereocenters. The third-order valence-electron chi connectivity index (χ3n) is 4.19. The number of carbonyl (C=O) groups is 1. The molecule has 0 bridgehead atoms. The average molecular weight is 380 g/mol. The third kappa shape index (κ3) is 4.95. The molecule has 0 saturated carbocycles. The molecule has 2 aromatic rings. The zero-order valence-electron chi connectivity index (χ0n) is 14.7. The number of aromatic nitrogens is 2. The Morgan fingerprint density at radius 3 is 2.81 bits per heavy atom. The summed E-state index contributed by atoms with van der Waals surface area (Å²) in [5.41, 5.74) is 0.696. The molecule has 1 fully saturated rings. The first-order valence-electron chi connectivity index (χ1n) is 8.61. The van der Waals surface area contributed by atoms with E-state index < -0.39 is 0 Å². The predicted molar refractivity (Wildman–Crippen MR) is 97.6 cm³/mol. The molecule has 0 aliphatic carbocycles. The minimum Gasteiger partial charge on any atom is -0.490 e. The topological polar surface area (TPSA) is 73.8 Å². The van der Waals surface area contributed by atoms with Gasteiger partial charge in [0.15, 0.2) is 6.07 Å². The van der Waals surface area contributed by atoms with Gasteiger partial charge in [-0.05, 0) is 38.1 Å². The number of benzene rings is 1. The molecule has 0 radical (unpaired) electrons. The Labute approximate surface area is 157 Å². The second-order valence-corrected chi connectivity index (χ2v) is 6.38. The summed E-state index contributed by atoms with van der Waals surface area (Å²) in [6.07, 6.45) is 3.49. The number of nitrogens with zero attached hydrogens (tertiary/aromatic N) is 3. The highest BCUT2D eigenvalue weighted by Gasteiger charge is 2.20. The molecule has 140 valence electrons. The Hall–Kier alpha value is -2.12. The van der Waals surface area contributed by atoms with Gasteiger partial charge in [-0.3, -0.25) is 9.69 Å². The molecule has 26 heavy (non-hydrogen) atoms. The van der Waals surface area contributed by atoms with E-state index >= 15 is 0 Å². The number of esters is 1. The van der Waals surface area contributed by atoms with Gasteiger partial charge in [0, 0.05) is 19.5 Å². The fourth-order valence-corrected chi connectivity index (χ4v) is 3.17. The minimum absolute atomic E-state index is 0.0188. The van der Waals surface area contributed by atoms with Crippen LogP contribution in [0, 0.1) is 0 Å². The fraction of sp³-hybridized carbons (Fsp3) is 0.500. The van der Waals surface area contributed by atoms with Crippen molar-refractivity contribution in [2.24, 2.45) is 0 Å². The fourth-order valence-electron chi connectivity index (χ4n) is 3.07. The van der Waals surface area contributed by atoms with Crippen molar-refractivity contribution >= 4 is 28.5 Å². The number of ether oxygens (including phenoxy) is 3. The highest BCUT2D eigenvalue weighted by atomic mass is 35.5. The Morgan fingerprint density at radius 2 is 2.08 bits per heavy atom. The lowest BCUT2D eigenvalue weighted by Crippen LogP contribution is -2.36.